The van der Waals surface area contributed by atoms with Crippen LogP contribution in [0.4, 0.5) is 10.1 Å². The van der Waals surface area contributed by atoms with E-state index in [9.17, 15) is 14.0 Å². The van der Waals surface area contributed by atoms with Gasteiger partial charge in [0.1, 0.15) is 10.7 Å². The summed E-state index contributed by atoms with van der Waals surface area (Å²) in [5.41, 5.74) is 0.584. The van der Waals surface area contributed by atoms with Crippen LogP contribution in [0.2, 0.25) is 0 Å². The van der Waals surface area contributed by atoms with Crippen molar-refractivity contribution < 1.29 is 18.7 Å². The van der Waals surface area contributed by atoms with Crippen LogP contribution in [-0.2, 0) is 9.53 Å². The highest BCUT2D eigenvalue weighted by Crippen LogP contribution is 2.20. The molecule has 0 spiro atoms. The summed E-state index contributed by atoms with van der Waals surface area (Å²) in [5, 5.41) is 3.08. The molecule has 0 unspecified atom stereocenters. The molecule has 8 heteroatoms. The molecular weight excluding hydrogens is 375 g/mol. The third kappa shape index (κ3) is 4.11. The van der Waals surface area contributed by atoms with Crippen molar-refractivity contribution in [1.29, 1.82) is 0 Å². The first-order valence-electron chi connectivity index (χ1n) is 6.23. The van der Waals surface area contributed by atoms with Crippen LogP contribution in [0.25, 0.3) is 0 Å². The Kier molecular flexibility index (Phi) is 5.25. The summed E-state index contributed by atoms with van der Waals surface area (Å²) in [4.78, 5) is 28.0. The number of aryl methyl sites for hydroxylation is 2. The van der Waals surface area contributed by atoms with Gasteiger partial charge in [-0.3, -0.25) is 4.79 Å². The minimum absolute atomic E-state index is 0.0223. The summed E-state index contributed by atoms with van der Waals surface area (Å²) in [6.45, 7) is 2.97. The smallest absolute Gasteiger partial charge is 0.350 e. The predicted molar refractivity (Wildman–Crippen MR) is 84.6 cm³/mol. The molecule has 5 nitrogen and oxygen atoms in total. The molecule has 0 aliphatic rings. The normalized spacial score (nSPS) is 10.4. The molecule has 0 saturated carbocycles. The molecule has 1 N–H and O–H groups in total. The Morgan fingerprint density at radius 1 is 1.41 bits per heavy atom. The van der Waals surface area contributed by atoms with E-state index in [-0.39, 0.29) is 5.69 Å². The largest absolute Gasteiger partial charge is 0.451 e. The van der Waals surface area contributed by atoms with Gasteiger partial charge in [-0.05, 0) is 32.0 Å². The van der Waals surface area contributed by atoms with E-state index in [0.29, 0.717) is 15.0 Å². The van der Waals surface area contributed by atoms with Gasteiger partial charge < -0.3 is 10.1 Å². The zero-order valence-corrected chi connectivity index (χ0v) is 14.2. The van der Waals surface area contributed by atoms with Crippen molar-refractivity contribution in [2.24, 2.45) is 0 Å². The van der Waals surface area contributed by atoms with Gasteiger partial charge in [0, 0.05) is 4.47 Å². The lowest BCUT2D eigenvalue weighted by molar-refractivity contribution is -0.119. The summed E-state index contributed by atoms with van der Waals surface area (Å²) in [7, 11) is 0. The Bertz CT molecular complexity index is 733. The third-order valence-electron chi connectivity index (χ3n) is 2.63. The molecule has 2 rings (SSSR count). The maximum absolute atomic E-state index is 13.6. The molecule has 0 atom stereocenters. The number of rotatable bonds is 4. The van der Waals surface area contributed by atoms with Crippen molar-refractivity contribution in [2.75, 3.05) is 11.9 Å². The zero-order chi connectivity index (χ0) is 16.3. The molecule has 0 radical (unpaired) electrons. The summed E-state index contributed by atoms with van der Waals surface area (Å²) in [6.07, 6.45) is 0. The number of benzene rings is 1. The second kappa shape index (κ2) is 6.97. The Balaban J connectivity index is 1.92. The second-order valence-corrected chi connectivity index (χ2v) is 6.51. The number of nitrogens with zero attached hydrogens (tertiary/aromatic N) is 1. The fourth-order valence-electron chi connectivity index (χ4n) is 1.69. The molecule has 0 aliphatic heterocycles. The minimum Gasteiger partial charge on any atom is -0.451 e. The molecule has 1 aromatic heterocycles. The topological polar surface area (TPSA) is 68.3 Å². The Hall–Kier alpha value is -1.80. The van der Waals surface area contributed by atoms with Crippen LogP contribution in [0.3, 0.4) is 0 Å². The molecule has 2 aromatic rings. The molecule has 1 aromatic carbocycles. The summed E-state index contributed by atoms with van der Waals surface area (Å²) >= 11 is 4.32. The van der Waals surface area contributed by atoms with E-state index in [1.54, 1.807) is 19.9 Å². The van der Waals surface area contributed by atoms with Gasteiger partial charge in [-0.25, -0.2) is 14.2 Å². The summed E-state index contributed by atoms with van der Waals surface area (Å²) in [6, 6.07) is 4.23. The fraction of sp³-hybridized carbons (Fsp3) is 0.214. The molecule has 0 aliphatic carbocycles. The molecule has 0 saturated heterocycles. The monoisotopic (exact) mass is 386 g/mol. The minimum atomic E-state index is -0.617. The van der Waals surface area contributed by atoms with Gasteiger partial charge in [0.15, 0.2) is 6.61 Å². The van der Waals surface area contributed by atoms with Crippen LogP contribution < -0.4 is 5.32 Å². The van der Waals surface area contributed by atoms with Crippen molar-refractivity contribution in [1.82, 2.24) is 4.98 Å². The van der Waals surface area contributed by atoms with Crippen LogP contribution in [0, 0.1) is 19.7 Å². The molecule has 0 fully saturated rings. The summed E-state index contributed by atoms with van der Waals surface area (Å²) in [5.74, 6) is -1.81. The number of ether oxygens (including phenoxy) is 1. The highest BCUT2D eigenvalue weighted by molar-refractivity contribution is 9.10. The standard InChI is InChI=1S/C14H12BrFN2O3S/c1-7-13(22-8(2)17-7)14(20)21-6-12(19)18-11-4-3-9(15)5-10(11)16/h3-5H,6H2,1-2H3,(H,18,19). The van der Waals surface area contributed by atoms with Crippen LogP contribution in [0.5, 0.6) is 0 Å². The van der Waals surface area contributed by atoms with E-state index < -0.39 is 24.3 Å². The Labute approximate surface area is 138 Å². The van der Waals surface area contributed by atoms with E-state index in [4.69, 9.17) is 4.74 Å². The Morgan fingerprint density at radius 3 is 2.73 bits per heavy atom. The molecule has 22 heavy (non-hydrogen) atoms. The van der Waals surface area contributed by atoms with Crippen LogP contribution in [-0.4, -0.2) is 23.5 Å². The first-order valence-corrected chi connectivity index (χ1v) is 7.84. The lowest BCUT2D eigenvalue weighted by Crippen LogP contribution is -2.21. The quantitative estimate of drug-likeness (QED) is 0.816. The van der Waals surface area contributed by atoms with Gasteiger partial charge in [0.05, 0.1) is 16.4 Å². The van der Waals surface area contributed by atoms with Gasteiger partial charge in [-0.1, -0.05) is 15.9 Å². The number of anilines is 1. The van der Waals surface area contributed by atoms with Crippen LogP contribution >= 0.6 is 27.3 Å². The van der Waals surface area contributed by atoms with E-state index in [1.165, 1.54) is 23.5 Å². The zero-order valence-electron chi connectivity index (χ0n) is 11.8. The van der Waals surface area contributed by atoms with Crippen molar-refractivity contribution in [3.05, 3.63) is 44.1 Å². The number of amides is 1. The lowest BCUT2D eigenvalue weighted by Gasteiger charge is -2.07. The number of thiazole rings is 1. The lowest BCUT2D eigenvalue weighted by atomic mass is 10.3. The average Bonchev–Trinajstić information content (AvgIpc) is 2.78. The van der Waals surface area contributed by atoms with E-state index >= 15 is 0 Å². The number of hydrogen-bond donors (Lipinski definition) is 1. The first-order chi connectivity index (χ1) is 10.4. The van der Waals surface area contributed by atoms with Gasteiger partial charge >= 0.3 is 5.97 Å². The molecule has 1 heterocycles. The van der Waals surface area contributed by atoms with Gasteiger partial charge in [-0.2, -0.15) is 0 Å². The number of carbonyl (C=O) groups is 2. The molecule has 0 bridgehead atoms. The van der Waals surface area contributed by atoms with Crippen molar-refractivity contribution >= 4 is 44.8 Å². The van der Waals surface area contributed by atoms with Crippen molar-refractivity contribution in [3.8, 4) is 0 Å². The van der Waals surface area contributed by atoms with Gasteiger partial charge in [-0.15, -0.1) is 11.3 Å². The predicted octanol–water partition coefficient (Wildman–Crippen LogP) is 3.46. The van der Waals surface area contributed by atoms with Gasteiger partial charge in [0.2, 0.25) is 0 Å². The van der Waals surface area contributed by atoms with Crippen LogP contribution in [0.1, 0.15) is 20.4 Å². The Morgan fingerprint density at radius 2 is 2.14 bits per heavy atom. The molecule has 1 amide bonds. The van der Waals surface area contributed by atoms with E-state index in [0.717, 1.165) is 5.01 Å². The first kappa shape index (κ1) is 16.6. The number of esters is 1. The number of nitrogens with one attached hydrogen (secondary N) is 1. The third-order valence-corrected chi connectivity index (χ3v) is 4.17. The molecular formula is C14H12BrFN2O3S. The van der Waals surface area contributed by atoms with Crippen molar-refractivity contribution in [2.45, 2.75) is 13.8 Å². The number of carbonyl (C=O) groups excluding carboxylic acids is 2. The maximum atomic E-state index is 13.6. The fourth-order valence-corrected chi connectivity index (χ4v) is 2.84. The SMILES string of the molecule is Cc1nc(C)c(C(=O)OCC(=O)Nc2ccc(Br)cc2F)s1. The number of aromatic nitrogens is 1. The highest BCUT2D eigenvalue weighted by Gasteiger charge is 2.17. The van der Waals surface area contributed by atoms with Gasteiger partial charge in [0.25, 0.3) is 5.91 Å². The molecule has 116 valence electrons. The van der Waals surface area contributed by atoms with Crippen molar-refractivity contribution in [3.63, 3.8) is 0 Å². The average molecular weight is 387 g/mol. The number of hydrogen-bond acceptors (Lipinski definition) is 5. The maximum Gasteiger partial charge on any atom is 0.350 e. The summed E-state index contributed by atoms with van der Waals surface area (Å²) < 4.78 is 19.0. The van der Waals surface area contributed by atoms with E-state index in [1.807, 2.05) is 0 Å². The highest BCUT2D eigenvalue weighted by atomic mass is 79.9. The van der Waals surface area contributed by atoms with Crippen LogP contribution in [0.15, 0.2) is 22.7 Å². The number of halogens is 2. The second-order valence-electron chi connectivity index (χ2n) is 4.40. The van der Waals surface area contributed by atoms with E-state index in [2.05, 4.69) is 26.2 Å².